The first-order valence-corrected chi connectivity index (χ1v) is 10.7. The van der Waals surface area contributed by atoms with Gasteiger partial charge in [-0.15, -0.1) is 10.2 Å². The number of amides is 1. The van der Waals surface area contributed by atoms with E-state index in [-0.39, 0.29) is 17.8 Å². The molecular formula is C22H24N4O3S. The molecule has 7 nitrogen and oxygen atoms in total. The van der Waals surface area contributed by atoms with E-state index < -0.39 is 0 Å². The van der Waals surface area contributed by atoms with E-state index in [2.05, 4.69) is 36.2 Å². The molecule has 1 amide bonds. The van der Waals surface area contributed by atoms with Gasteiger partial charge in [-0.2, -0.15) is 0 Å². The number of thioether (sulfide) groups is 1. The van der Waals surface area contributed by atoms with Crippen LogP contribution in [0.4, 0.5) is 0 Å². The Morgan fingerprint density at radius 3 is 2.80 bits per heavy atom. The molecule has 0 bridgehead atoms. The zero-order valence-electron chi connectivity index (χ0n) is 17.2. The predicted molar refractivity (Wildman–Crippen MR) is 116 cm³/mol. The fourth-order valence-corrected chi connectivity index (χ4v) is 4.04. The normalized spacial score (nSPS) is 15.1. The summed E-state index contributed by atoms with van der Waals surface area (Å²) < 4.78 is 13.6. The topological polar surface area (TPSA) is 69.5 Å². The van der Waals surface area contributed by atoms with Gasteiger partial charge >= 0.3 is 0 Å². The minimum absolute atomic E-state index is 0.00269. The summed E-state index contributed by atoms with van der Waals surface area (Å²) in [6, 6.07) is 13.8. The Bertz CT molecular complexity index is 1050. The van der Waals surface area contributed by atoms with Crippen molar-refractivity contribution in [2.45, 2.75) is 25.1 Å². The maximum atomic E-state index is 12.7. The van der Waals surface area contributed by atoms with Crippen LogP contribution in [-0.2, 0) is 4.79 Å². The van der Waals surface area contributed by atoms with Crippen LogP contribution < -0.4 is 9.47 Å². The molecule has 2 aromatic carbocycles. The average molecular weight is 425 g/mol. The van der Waals surface area contributed by atoms with Crippen LogP contribution in [0.3, 0.4) is 0 Å². The van der Waals surface area contributed by atoms with E-state index in [9.17, 15) is 4.79 Å². The van der Waals surface area contributed by atoms with Crippen LogP contribution in [0.15, 0.2) is 53.9 Å². The number of ether oxygens (including phenoxy) is 2. The van der Waals surface area contributed by atoms with E-state index in [4.69, 9.17) is 9.47 Å². The summed E-state index contributed by atoms with van der Waals surface area (Å²) in [6.45, 7) is 5.03. The second kappa shape index (κ2) is 8.79. The number of benzene rings is 2. The highest BCUT2D eigenvalue weighted by Crippen LogP contribution is 2.31. The van der Waals surface area contributed by atoms with Crippen molar-refractivity contribution in [3.63, 3.8) is 0 Å². The van der Waals surface area contributed by atoms with E-state index in [1.54, 1.807) is 18.3 Å². The first-order valence-electron chi connectivity index (χ1n) is 9.74. The van der Waals surface area contributed by atoms with Crippen LogP contribution in [0, 0.1) is 13.8 Å². The minimum atomic E-state index is -0.196. The fraction of sp³-hybridized carbons (Fsp3) is 0.318. The number of carbonyl (C=O) groups excluding carboxylic acids is 1. The predicted octanol–water partition coefficient (Wildman–Crippen LogP) is 3.27. The number of rotatable bonds is 6. The van der Waals surface area contributed by atoms with E-state index in [0.717, 1.165) is 11.4 Å². The van der Waals surface area contributed by atoms with Crippen molar-refractivity contribution in [3.8, 4) is 17.2 Å². The molecule has 1 aliphatic heterocycles. The van der Waals surface area contributed by atoms with Crippen molar-refractivity contribution in [3.05, 3.63) is 59.9 Å². The molecule has 0 N–H and O–H groups in total. The first-order chi connectivity index (χ1) is 14.5. The molecule has 0 fully saturated rings. The molecular weight excluding hydrogens is 400 g/mol. The van der Waals surface area contributed by atoms with Crippen molar-refractivity contribution in [2.75, 3.05) is 26.0 Å². The van der Waals surface area contributed by atoms with Gasteiger partial charge in [-0.1, -0.05) is 30.0 Å². The van der Waals surface area contributed by atoms with E-state index in [1.165, 1.54) is 22.9 Å². The Labute approximate surface area is 180 Å². The molecule has 3 aromatic rings. The van der Waals surface area contributed by atoms with E-state index >= 15 is 0 Å². The van der Waals surface area contributed by atoms with Crippen molar-refractivity contribution >= 4 is 17.7 Å². The number of fused-ring (bicyclic) bond motifs is 1. The average Bonchev–Trinajstić information content (AvgIpc) is 3.22. The highest BCUT2D eigenvalue weighted by Gasteiger charge is 2.24. The maximum absolute atomic E-state index is 12.7. The van der Waals surface area contributed by atoms with Crippen LogP contribution >= 0.6 is 11.8 Å². The van der Waals surface area contributed by atoms with Crippen molar-refractivity contribution in [1.82, 2.24) is 19.7 Å². The van der Waals surface area contributed by atoms with Gasteiger partial charge in [0.05, 0.1) is 12.3 Å². The highest BCUT2D eigenvalue weighted by atomic mass is 32.2. The molecule has 8 heteroatoms. The monoisotopic (exact) mass is 424 g/mol. The molecule has 2 heterocycles. The molecule has 0 radical (unpaired) electrons. The molecule has 1 aliphatic rings. The van der Waals surface area contributed by atoms with Crippen molar-refractivity contribution in [2.24, 2.45) is 0 Å². The van der Waals surface area contributed by atoms with Gasteiger partial charge in [0.2, 0.25) is 5.91 Å². The van der Waals surface area contributed by atoms with Crippen LogP contribution in [-0.4, -0.2) is 57.6 Å². The summed E-state index contributed by atoms with van der Waals surface area (Å²) in [5, 5.41) is 8.88. The van der Waals surface area contributed by atoms with Gasteiger partial charge in [-0.05, 0) is 49.2 Å². The lowest BCUT2D eigenvalue weighted by atomic mass is 10.1. The number of nitrogens with zero attached hydrogens (tertiary/aromatic N) is 4. The fourth-order valence-electron chi connectivity index (χ4n) is 3.17. The second-order valence-corrected chi connectivity index (χ2v) is 8.26. The summed E-state index contributed by atoms with van der Waals surface area (Å²) in [4.78, 5) is 14.3. The Morgan fingerprint density at radius 1 is 1.20 bits per heavy atom. The third kappa shape index (κ3) is 4.43. The van der Waals surface area contributed by atoms with Gasteiger partial charge in [0, 0.05) is 12.7 Å². The van der Waals surface area contributed by atoms with Gasteiger partial charge in [0.1, 0.15) is 12.9 Å². The zero-order chi connectivity index (χ0) is 21.1. The lowest BCUT2D eigenvalue weighted by Gasteiger charge is -2.29. The van der Waals surface area contributed by atoms with Crippen LogP contribution in [0.5, 0.6) is 11.5 Å². The largest absolute Gasteiger partial charge is 0.486 e. The lowest BCUT2D eigenvalue weighted by Crippen LogP contribution is -2.42. The Kier molecular flexibility index (Phi) is 5.94. The summed E-state index contributed by atoms with van der Waals surface area (Å²) in [5.74, 6) is 1.72. The molecule has 1 aromatic heterocycles. The molecule has 1 atom stereocenters. The standard InChI is InChI=1S/C22H24N4O3S/c1-15-8-9-17(10-16(15)2)26-14-23-24-22(26)30-13-21(27)25(3)11-18-12-28-19-6-4-5-7-20(19)29-18/h4-10,14,18H,11-13H2,1-3H3. The summed E-state index contributed by atoms with van der Waals surface area (Å²) in [6.07, 6.45) is 1.48. The molecule has 4 rings (SSSR count). The molecule has 156 valence electrons. The zero-order valence-corrected chi connectivity index (χ0v) is 18.1. The van der Waals surface area contributed by atoms with Crippen LogP contribution in [0.25, 0.3) is 5.69 Å². The number of aryl methyl sites for hydroxylation is 2. The quantitative estimate of drug-likeness (QED) is 0.566. The molecule has 30 heavy (non-hydrogen) atoms. The van der Waals surface area contributed by atoms with Crippen molar-refractivity contribution in [1.29, 1.82) is 0 Å². The Morgan fingerprint density at radius 2 is 2.00 bits per heavy atom. The number of aromatic nitrogens is 3. The SMILES string of the molecule is Cc1ccc(-n2cnnc2SCC(=O)N(C)CC2COc3ccccc3O2)cc1C. The number of hydrogen-bond acceptors (Lipinski definition) is 6. The van der Waals surface area contributed by atoms with Gasteiger partial charge < -0.3 is 14.4 Å². The summed E-state index contributed by atoms with van der Waals surface area (Å²) >= 11 is 1.37. The lowest BCUT2D eigenvalue weighted by molar-refractivity contribution is -0.128. The van der Waals surface area contributed by atoms with Crippen LogP contribution in [0.1, 0.15) is 11.1 Å². The van der Waals surface area contributed by atoms with Crippen molar-refractivity contribution < 1.29 is 14.3 Å². The number of hydrogen-bond donors (Lipinski definition) is 0. The number of para-hydroxylation sites is 2. The third-order valence-corrected chi connectivity index (χ3v) is 6.01. The molecule has 0 saturated heterocycles. The van der Waals surface area contributed by atoms with Gasteiger partial charge in [0.15, 0.2) is 22.8 Å². The molecule has 0 aliphatic carbocycles. The number of likely N-dealkylation sites (N-methyl/N-ethyl adjacent to an activating group) is 1. The Balaban J connectivity index is 1.34. The smallest absolute Gasteiger partial charge is 0.232 e. The molecule has 1 unspecified atom stereocenters. The van der Waals surface area contributed by atoms with E-state index in [1.807, 2.05) is 34.9 Å². The van der Waals surface area contributed by atoms with Gasteiger partial charge in [-0.3, -0.25) is 9.36 Å². The maximum Gasteiger partial charge on any atom is 0.232 e. The summed E-state index contributed by atoms with van der Waals surface area (Å²) in [7, 11) is 1.78. The van der Waals surface area contributed by atoms with Gasteiger partial charge in [0.25, 0.3) is 0 Å². The summed E-state index contributed by atoms with van der Waals surface area (Å²) in [5.41, 5.74) is 3.41. The molecule has 0 saturated carbocycles. The number of carbonyl (C=O) groups is 1. The molecule has 0 spiro atoms. The van der Waals surface area contributed by atoms with Crippen LogP contribution in [0.2, 0.25) is 0 Å². The minimum Gasteiger partial charge on any atom is -0.486 e. The Hall–Kier alpha value is -3.00. The highest BCUT2D eigenvalue weighted by molar-refractivity contribution is 7.99. The third-order valence-electron chi connectivity index (χ3n) is 5.08. The van der Waals surface area contributed by atoms with Gasteiger partial charge in [-0.25, -0.2) is 0 Å². The van der Waals surface area contributed by atoms with E-state index in [0.29, 0.717) is 24.1 Å². The first kappa shape index (κ1) is 20.3. The second-order valence-electron chi connectivity index (χ2n) is 7.31.